The fourth-order valence-electron chi connectivity index (χ4n) is 3.55. The maximum atomic E-state index is 12.9. The average molecular weight is 587 g/mol. The zero-order valence-corrected chi connectivity index (χ0v) is 22.5. The molecule has 0 bridgehead atoms. The standard InChI is InChI=1S/C24H27BrN8O5/c1-13(25)21(35)28-14-8-18(32(3)10-14)23(37)30-16-9-19(33(4)12-16)24(38)29-15-7-17(31(2)11-15)22(36)27-6-5-20(26)34/h7-12H,1,5-6H2,2-4H3,(H2,26,34)(H,27,36)(H,28,35)(H,29,38)(H,30,37). The Morgan fingerprint density at radius 2 is 1.16 bits per heavy atom. The molecule has 0 aliphatic rings. The molecule has 0 unspecified atom stereocenters. The number of hydrogen-bond acceptors (Lipinski definition) is 5. The number of primary amides is 1. The van der Waals surface area contributed by atoms with Gasteiger partial charge >= 0.3 is 0 Å². The summed E-state index contributed by atoms with van der Waals surface area (Å²) in [5.41, 5.74) is 7.07. The number of carbonyl (C=O) groups excluding carboxylic acids is 5. The highest BCUT2D eigenvalue weighted by atomic mass is 79.9. The predicted molar refractivity (Wildman–Crippen MR) is 145 cm³/mol. The quantitative estimate of drug-likeness (QED) is 0.227. The van der Waals surface area contributed by atoms with E-state index in [4.69, 9.17) is 5.73 Å². The van der Waals surface area contributed by atoms with Crippen LogP contribution in [0, 0.1) is 0 Å². The smallest absolute Gasteiger partial charge is 0.272 e. The Morgan fingerprint density at radius 1 is 0.763 bits per heavy atom. The second-order valence-electron chi connectivity index (χ2n) is 8.41. The first kappa shape index (κ1) is 28.0. The second-order valence-corrected chi connectivity index (χ2v) is 9.37. The lowest BCUT2D eigenvalue weighted by Crippen LogP contribution is -2.29. The fourth-order valence-corrected chi connectivity index (χ4v) is 3.65. The number of aryl methyl sites for hydroxylation is 3. The Balaban J connectivity index is 1.66. The first-order chi connectivity index (χ1) is 17.8. The van der Waals surface area contributed by atoms with Crippen molar-refractivity contribution in [3.05, 3.63) is 64.9 Å². The van der Waals surface area contributed by atoms with Crippen molar-refractivity contribution >= 4 is 62.5 Å². The summed E-state index contributed by atoms with van der Waals surface area (Å²) < 4.78 is 4.78. The van der Waals surface area contributed by atoms with Crippen LogP contribution in [0.3, 0.4) is 0 Å². The molecule has 0 aliphatic carbocycles. The lowest BCUT2D eigenvalue weighted by atomic mass is 10.3. The molecule has 6 N–H and O–H groups in total. The second kappa shape index (κ2) is 11.6. The van der Waals surface area contributed by atoms with Gasteiger partial charge in [-0.2, -0.15) is 0 Å². The lowest BCUT2D eigenvalue weighted by Gasteiger charge is -2.04. The normalized spacial score (nSPS) is 10.5. The monoisotopic (exact) mass is 586 g/mol. The minimum Gasteiger partial charge on any atom is -0.370 e. The number of carbonyl (C=O) groups is 5. The largest absolute Gasteiger partial charge is 0.370 e. The Morgan fingerprint density at radius 3 is 1.55 bits per heavy atom. The van der Waals surface area contributed by atoms with Crippen molar-refractivity contribution < 1.29 is 24.0 Å². The van der Waals surface area contributed by atoms with E-state index in [0.29, 0.717) is 17.1 Å². The van der Waals surface area contributed by atoms with E-state index in [1.165, 1.54) is 22.8 Å². The Labute approximate surface area is 226 Å². The van der Waals surface area contributed by atoms with Crippen LogP contribution in [0.4, 0.5) is 17.1 Å². The van der Waals surface area contributed by atoms with Crippen molar-refractivity contribution in [1.29, 1.82) is 0 Å². The highest BCUT2D eigenvalue weighted by Gasteiger charge is 2.19. The molecule has 3 aromatic rings. The molecule has 38 heavy (non-hydrogen) atoms. The highest BCUT2D eigenvalue weighted by Crippen LogP contribution is 2.20. The Bertz CT molecular complexity index is 1450. The van der Waals surface area contributed by atoms with Gasteiger partial charge in [0.15, 0.2) is 0 Å². The molecule has 0 saturated carbocycles. The van der Waals surface area contributed by atoms with E-state index in [0.717, 1.165) is 0 Å². The molecular weight excluding hydrogens is 560 g/mol. The van der Waals surface area contributed by atoms with Gasteiger partial charge in [-0.15, -0.1) is 0 Å². The van der Waals surface area contributed by atoms with E-state index >= 15 is 0 Å². The van der Waals surface area contributed by atoms with Crippen molar-refractivity contribution in [3.8, 4) is 0 Å². The van der Waals surface area contributed by atoms with Crippen molar-refractivity contribution in [1.82, 2.24) is 19.0 Å². The van der Waals surface area contributed by atoms with Gasteiger partial charge < -0.3 is 40.7 Å². The summed E-state index contributed by atoms with van der Waals surface area (Å²) in [4.78, 5) is 60.7. The topological polar surface area (TPSA) is 174 Å². The molecule has 0 fully saturated rings. The van der Waals surface area contributed by atoms with Gasteiger partial charge in [-0.05, 0) is 34.1 Å². The molecule has 0 saturated heterocycles. The van der Waals surface area contributed by atoms with Gasteiger partial charge in [-0.25, -0.2) is 0 Å². The molecule has 0 aromatic carbocycles. The van der Waals surface area contributed by atoms with Crippen molar-refractivity contribution in [3.63, 3.8) is 0 Å². The number of nitrogens with zero attached hydrogens (tertiary/aromatic N) is 3. The molecular formula is C24H27BrN8O5. The van der Waals surface area contributed by atoms with Crippen molar-refractivity contribution in [2.75, 3.05) is 22.5 Å². The number of nitrogens with one attached hydrogen (secondary N) is 4. The zero-order chi connectivity index (χ0) is 28.1. The van der Waals surface area contributed by atoms with Gasteiger partial charge in [0.1, 0.15) is 17.1 Å². The minimum absolute atomic E-state index is 0.0151. The van der Waals surface area contributed by atoms with Gasteiger partial charge in [0, 0.05) is 52.7 Å². The van der Waals surface area contributed by atoms with Gasteiger partial charge in [0.2, 0.25) is 5.91 Å². The van der Waals surface area contributed by atoms with Gasteiger partial charge in [0.05, 0.1) is 21.5 Å². The maximum Gasteiger partial charge on any atom is 0.272 e. The van der Waals surface area contributed by atoms with E-state index in [-0.39, 0.29) is 34.5 Å². The van der Waals surface area contributed by atoms with Gasteiger partial charge in [-0.1, -0.05) is 6.58 Å². The molecule has 200 valence electrons. The number of hydrogen-bond donors (Lipinski definition) is 5. The zero-order valence-electron chi connectivity index (χ0n) is 20.9. The van der Waals surface area contributed by atoms with E-state index in [2.05, 4.69) is 43.8 Å². The number of rotatable bonds is 10. The van der Waals surface area contributed by atoms with Crippen LogP contribution in [-0.4, -0.2) is 49.8 Å². The summed E-state index contributed by atoms with van der Waals surface area (Å²) in [5.74, 6) is -2.28. The van der Waals surface area contributed by atoms with E-state index < -0.39 is 29.5 Å². The van der Waals surface area contributed by atoms with Crippen LogP contribution in [0.15, 0.2) is 47.9 Å². The van der Waals surface area contributed by atoms with E-state index in [9.17, 15) is 24.0 Å². The van der Waals surface area contributed by atoms with Crippen LogP contribution >= 0.6 is 15.9 Å². The third-order valence-corrected chi connectivity index (χ3v) is 5.75. The van der Waals surface area contributed by atoms with Crippen molar-refractivity contribution in [2.24, 2.45) is 26.9 Å². The lowest BCUT2D eigenvalue weighted by molar-refractivity contribution is -0.118. The number of anilines is 3. The molecule has 0 aliphatic heterocycles. The molecule has 3 rings (SSSR count). The predicted octanol–water partition coefficient (Wildman–Crippen LogP) is 1.66. The van der Waals surface area contributed by atoms with Crippen LogP contribution in [0.2, 0.25) is 0 Å². The van der Waals surface area contributed by atoms with Crippen LogP contribution < -0.4 is 27.0 Å². The Kier molecular flexibility index (Phi) is 8.57. The molecule has 5 amide bonds. The molecule has 14 heteroatoms. The fraction of sp³-hybridized carbons (Fsp3) is 0.208. The van der Waals surface area contributed by atoms with E-state index in [1.807, 2.05) is 0 Å². The maximum absolute atomic E-state index is 12.9. The molecule has 0 spiro atoms. The third kappa shape index (κ3) is 6.79. The molecule has 0 radical (unpaired) electrons. The Hall–Kier alpha value is -4.59. The van der Waals surface area contributed by atoms with Crippen LogP contribution in [0.25, 0.3) is 0 Å². The first-order valence-corrected chi connectivity index (χ1v) is 12.0. The highest BCUT2D eigenvalue weighted by molar-refractivity contribution is 9.12. The van der Waals surface area contributed by atoms with Crippen LogP contribution in [0.1, 0.15) is 37.9 Å². The first-order valence-electron chi connectivity index (χ1n) is 11.2. The van der Waals surface area contributed by atoms with Crippen molar-refractivity contribution in [2.45, 2.75) is 6.42 Å². The minimum atomic E-state index is -0.526. The summed E-state index contributed by atoms with van der Waals surface area (Å²) in [5, 5.41) is 10.7. The molecule has 13 nitrogen and oxygen atoms in total. The number of amides is 5. The van der Waals surface area contributed by atoms with Gasteiger partial charge in [0.25, 0.3) is 23.6 Å². The molecule has 0 atom stereocenters. The van der Waals surface area contributed by atoms with E-state index in [1.54, 1.807) is 48.9 Å². The third-order valence-electron chi connectivity index (χ3n) is 5.39. The van der Waals surface area contributed by atoms with Crippen LogP contribution in [-0.2, 0) is 30.7 Å². The SMILES string of the molecule is C=C(Br)C(=O)Nc1cc(C(=O)Nc2cc(C(=O)Nc3cc(C(=O)NCCC(N)=O)n(C)c3)n(C)c2)n(C)c1. The number of halogens is 1. The average Bonchev–Trinajstić information content (AvgIpc) is 3.49. The summed E-state index contributed by atoms with van der Waals surface area (Å²) in [6.07, 6.45) is 4.75. The molecule has 3 heterocycles. The number of nitrogens with two attached hydrogens (primary N) is 1. The van der Waals surface area contributed by atoms with Gasteiger partial charge in [-0.3, -0.25) is 24.0 Å². The summed E-state index contributed by atoms with van der Waals surface area (Å²) >= 11 is 3.00. The number of aromatic nitrogens is 3. The van der Waals surface area contributed by atoms with Crippen LogP contribution in [0.5, 0.6) is 0 Å². The summed E-state index contributed by atoms with van der Waals surface area (Å²) in [6, 6.07) is 4.52. The summed E-state index contributed by atoms with van der Waals surface area (Å²) in [7, 11) is 4.95. The molecule has 3 aromatic heterocycles. The summed E-state index contributed by atoms with van der Waals surface area (Å²) in [6.45, 7) is 3.60.